The zero-order chi connectivity index (χ0) is 25.0. The third kappa shape index (κ3) is 6.55. The Bertz CT molecular complexity index is 1260. The Morgan fingerprint density at radius 3 is 2.74 bits per heavy atom. The summed E-state index contributed by atoms with van der Waals surface area (Å²) in [4.78, 5) is 37.8. The molecule has 0 fully saturated rings. The fraction of sp³-hybridized carbons (Fsp3) is 0.350. The van der Waals surface area contributed by atoms with Gasteiger partial charge in [-0.05, 0) is 54.1 Å². The van der Waals surface area contributed by atoms with Crippen LogP contribution in [0.1, 0.15) is 18.7 Å². The maximum absolute atomic E-state index is 13.5. The number of carbonyl (C=O) groups excluding carboxylic acids is 1. The van der Waals surface area contributed by atoms with Crippen molar-refractivity contribution in [1.82, 2.24) is 14.6 Å². The van der Waals surface area contributed by atoms with Crippen molar-refractivity contribution in [3.8, 4) is 5.75 Å². The molecule has 14 heteroatoms. The molecule has 0 amide bonds. The molecule has 4 atom stereocenters. The van der Waals surface area contributed by atoms with Gasteiger partial charge in [0.2, 0.25) is 0 Å². The number of ether oxygens (including phenoxy) is 2. The zero-order valence-electron chi connectivity index (χ0n) is 18.3. The number of nitrogens with one attached hydrogen (secondary N) is 2. The van der Waals surface area contributed by atoms with E-state index in [0.717, 1.165) is 4.47 Å². The summed E-state index contributed by atoms with van der Waals surface area (Å²) >= 11 is 6.66. The molecule has 1 aromatic carbocycles. The Morgan fingerprint density at radius 1 is 1.32 bits per heavy atom. The van der Waals surface area contributed by atoms with E-state index in [2.05, 4.69) is 46.7 Å². The summed E-state index contributed by atoms with van der Waals surface area (Å²) in [5.74, 6) is -0.445. The average molecular weight is 623 g/mol. The van der Waals surface area contributed by atoms with E-state index in [-0.39, 0.29) is 12.4 Å². The first-order valence-electron chi connectivity index (χ1n) is 9.92. The Labute approximate surface area is 211 Å². The molecular formula is C20H22Br2N3O8P. The molecule has 1 aromatic heterocycles. The van der Waals surface area contributed by atoms with Crippen molar-refractivity contribution in [2.24, 2.45) is 0 Å². The Hall–Kier alpha value is -2.02. The predicted molar refractivity (Wildman–Crippen MR) is 130 cm³/mol. The molecule has 2 aromatic rings. The molecule has 11 nitrogen and oxygen atoms in total. The van der Waals surface area contributed by atoms with Crippen LogP contribution in [0.15, 0.2) is 55.1 Å². The lowest BCUT2D eigenvalue weighted by molar-refractivity contribution is -0.142. The SMILES string of the molecule is COC(=O)C(C)NP(=O)(OC[C@@H]1C=C[C@H](n2cc(C)c(=O)[nH]c2=O)O1)Oc1ccc(Br)cc1Br. The first kappa shape index (κ1) is 26.6. The van der Waals surface area contributed by atoms with Crippen LogP contribution in [-0.4, -0.2) is 41.4 Å². The molecular weight excluding hydrogens is 601 g/mol. The van der Waals surface area contributed by atoms with E-state index in [0.29, 0.717) is 10.0 Å². The van der Waals surface area contributed by atoms with Gasteiger partial charge in [-0.15, -0.1) is 0 Å². The minimum Gasteiger partial charge on any atom is -0.468 e. The predicted octanol–water partition coefficient (Wildman–Crippen LogP) is 3.18. The number of hydrogen-bond donors (Lipinski definition) is 2. The lowest BCUT2D eigenvalue weighted by Crippen LogP contribution is -2.35. The lowest BCUT2D eigenvalue weighted by atomic mass is 10.3. The van der Waals surface area contributed by atoms with Crippen LogP contribution < -0.4 is 20.9 Å². The highest BCUT2D eigenvalue weighted by Crippen LogP contribution is 2.47. The second-order valence-corrected chi connectivity index (χ2v) is 10.7. The third-order valence-corrected chi connectivity index (χ3v) is 7.39. The fourth-order valence-corrected chi connectivity index (χ4v) is 5.70. The van der Waals surface area contributed by atoms with Gasteiger partial charge in [0, 0.05) is 16.2 Å². The highest BCUT2D eigenvalue weighted by atomic mass is 79.9. The summed E-state index contributed by atoms with van der Waals surface area (Å²) in [5, 5.41) is 2.55. The van der Waals surface area contributed by atoms with Crippen LogP contribution in [0.2, 0.25) is 0 Å². The van der Waals surface area contributed by atoms with Crippen molar-refractivity contribution in [3.63, 3.8) is 0 Å². The third-order valence-electron chi connectivity index (χ3n) is 4.65. The van der Waals surface area contributed by atoms with E-state index in [4.69, 9.17) is 13.8 Å². The van der Waals surface area contributed by atoms with Crippen LogP contribution in [0.4, 0.5) is 0 Å². The van der Waals surface area contributed by atoms with Crippen molar-refractivity contribution in [3.05, 3.63) is 71.9 Å². The zero-order valence-corrected chi connectivity index (χ0v) is 22.4. The number of hydrogen-bond acceptors (Lipinski definition) is 8. The summed E-state index contributed by atoms with van der Waals surface area (Å²) in [6.45, 7) is 2.79. The largest absolute Gasteiger partial charge is 0.468 e. The molecule has 1 aliphatic heterocycles. The smallest absolute Gasteiger partial charge is 0.459 e. The number of aryl methyl sites for hydroxylation is 1. The molecule has 0 radical (unpaired) electrons. The monoisotopic (exact) mass is 621 g/mol. The number of H-pyrrole nitrogens is 1. The van der Waals surface area contributed by atoms with Crippen LogP contribution >= 0.6 is 39.6 Å². The minimum absolute atomic E-state index is 0.215. The van der Waals surface area contributed by atoms with Crippen LogP contribution in [0, 0.1) is 6.92 Å². The molecule has 34 heavy (non-hydrogen) atoms. The normalized spacial score (nSPS) is 20.0. The number of aromatic amines is 1. The molecule has 0 bridgehead atoms. The Balaban J connectivity index is 1.74. The number of carbonyl (C=O) groups is 1. The number of methoxy groups -OCH3 is 1. The van der Waals surface area contributed by atoms with E-state index in [1.165, 1.54) is 24.8 Å². The highest BCUT2D eigenvalue weighted by Gasteiger charge is 2.34. The topological polar surface area (TPSA) is 138 Å². The first-order valence-corrected chi connectivity index (χ1v) is 13.0. The average Bonchev–Trinajstić information content (AvgIpc) is 3.25. The van der Waals surface area contributed by atoms with Gasteiger partial charge in [-0.1, -0.05) is 22.0 Å². The van der Waals surface area contributed by atoms with Gasteiger partial charge in [-0.2, -0.15) is 5.09 Å². The number of aromatic nitrogens is 2. The van der Waals surface area contributed by atoms with E-state index >= 15 is 0 Å². The molecule has 0 spiro atoms. The Kier molecular flexibility index (Phi) is 8.72. The van der Waals surface area contributed by atoms with Crippen LogP contribution in [0.5, 0.6) is 5.75 Å². The van der Waals surface area contributed by atoms with E-state index in [1.807, 2.05) is 0 Å². The molecule has 2 heterocycles. The molecule has 0 saturated carbocycles. The number of nitrogens with zero attached hydrogens (tertiary/aromatic N) is 1. The summed E-state index contributed by atoms with van der Waals surface area (Å²) < 4.78 is 37.7. The quantitative estimate of drug-likeness (QED) is 0.245. The van der Waals surface area contributed by atoms with Crippen molar-refractivity contribution < 1.29 is 27.9 Å². The molecule has 0 saturated heterocycles. The molecule has 2 unspecified atom stereocenters. The molecule has 3 rings (SSSR count). The Morgan fingerprint density at radius 2 is 2.06 bits per heavy atom. The molecule has 2 N–H and O–H groups in total. The number of esters is 1. The summed E-state index contributed by atoms with van der Waals surface area (Å²) in [6, 6.07) is 3.95. The minimum atomic E-state index is -4.10. The number of halogens is 2. The molecule has 184 valence electrons. The summed E-state index contributed by atoms with van der Waals surface area (Å²) in [6.07, 6.45) is 3.14. The summed E-state index contributed by atoms with van der Waals surface area (Å²) in [7, 11) is -2.90. The van der Waals surface area contributed by atoms with E-state index in [1.54, 1.807) is 37.3 Å². The van der Waals surface area contributed by atoms with Gasteiger partial charge >= 0.3 is 19.4 Å². The van der Waals surface area contributed by atoms with Crippen molar-refractivity contribution in [2.75, 3.05) is 13.7 Å². The highest BCUT2D eigenvalue weighted by molar-refractivity contribution is 9.11. The molecule has 1 aliphatic rings. The van der Waals surface area contributed by atoms with E-state index < -0.39 is 43.3 Å². The van der Waals surface area contributed by atoms with Crippen molar-refractivity contribution in [1.29, 1.82) is 0 Å². The van der Waals surface area contributed by atoms with Gasteiger partial charge in [0.25, 0.3) is 5.56 Å². The van der Waals surface area contributed by atoms with Gasteiger partial charge < -0.3 is 14.0 Å². The van der Waals surface area contributed by atoms with Crippen molar-refractivity contribution >= 4 is 45.6 Å². The standard InChI is InChI=1S/C20H22Br2N3O8P/c1-11-9-25(20(28)23-18(11)26)17-7-5-14(32-17)10-31-34(29,24-12(2)19(27)30-3)33-16-6-4-13(21)8-15(16)22/h4-9,12,14,17H,10H2,1-3H3,(H,24,29)(H,23,26,28)/t12?,14-,17+,34?/m0/s1. The molecule has 0 aliphatic carbocycles. The van der Waals surface area contributed by atoms with Gasteiger partial charge in [-0.25, -0.2) is 9.36 Å². The maximum Gasteiger partial charge on any atom is 0.459 e. The van der Waals surface area contributed by atoms with Gasteiger partial charge in [-0.3, -0.25) is 23.7 Å². The van der Waals surface area contributed by atoms with E-state index in [9.17, 15) is 18.9 Å². The van der Waals surface area contributed by atoms with Gasteiger partial charge in [0.05, 0.1) is 18.2 Å². The van der Waals surface area contributed by atoms with Gasteiger partial charge in [0.15, 0.2) is 6.23 Å². The van der Waals surface area contributed by atoms with Gasteiger partial charge in [0.1, 0.15) is 17.9 Å². The number of benzene rings is 1. The van der Waals surface area contributed by atoms with Crippen molar-refractivity contribution in [2.45, 2.75) is 32.2 Å². The van der Waals surface area contributed by atoms with Crippen LogP contribution in [0.3, 0.4) is 0 Å². The number of rotatable bonds is 9. The second kappa shape index (κ2) is 11.1. The van der Waals surface area contributed by atoms with Crippen LogP contribution in [0.25, 0.3) is 0 Å². The second-order valence-electron chi connectivity index (χ2n) is 7.26. The lowest BCUT2D eigenvalue weighted by Gasteiger charge is -2.24. The fourth-order valence-electron chi connectivity index (χ4n) is 2.92. The first-order chi connectivity index (χ1) is 16.0. The summed E-state index contributed by atoms with van der Waals surface area (Å²) in [5.41, 5.74) is -0.768. The van der Waals surface area contributed by atoms with Crippen LogP contribution in [-0.2, 0) is 23.4 Å². The maximum atomic E-state index is 13.5.